The standard InChI is InChI=1S/C16H13N7O4S2/c17-14-21-15(19-9-2-4-10(5-3-9)29(18,26)27)22-23(14)16-20-11-6-1-8(13(24)25)7-12(11)28-16/h1-7H,(H,24,25)(H2,18,26,27)(H3,17,19,21,22). The van der Waals surface area contributed by atoms with Crippen molar-refractivity contribution in [2.45, 2.75) is 4.90 Å². The van der Waals surface area contributed by atoms with Crippen molar-refractivity contribution < 1.29 is 18.3 Å². The Labute approximate surface area is 167 Å². The van der Waals surface area contributed by atoms with Crippen LogP contribution in [0.2, 0.25) is 0 Å². The highest BCUT2D eigenvalue weighted by molar-refractivity contribution is 7.89. The summed E-state index contributed by atoms with van der Waals surface area (Å²) in [4.78, 5) is 19.6. The number of benzene rings is 2. The number of carboxylic acids is 1. The van der Waals surface area contributed by atoms with Crippen molar-refractivity contribution in [1.82, 2.24) is 19.7 Å². The topological polar surface area (TPSA) is 179 Å². The molecule has 0 aliphatic rings. The summed E-state index contributed by atoms with van der Waals surface area (Å²) < 4.78 is 24.6. The summed E-state index contributed by atoms with van der Waals surface area (Å²) in [5.41, 5.74) is 7.23. The van der Waals surface area contributed by atoms with E-state index in [2.05, 4.69) is 20.4 Å². The molecule has 29 heavy (non-hydrogen) atoms. The molecule has 0 atom stereocenters. The highest BCUT2D eigenvalue weighted by atomic mass is 32.2. The Morgan fingerprint density at radius 2 is 1.86 bits per heavy atom. The van der Waals surface area contributed by atoms with E-state index in [4.69, 9.17) is 16.0 Å². The van der Waals surface area contributed by atoms with E-state index in [1.165, 1.54) is 52.4 Å². The summed E-state index contributed by atoms with van der Waals surface area (Å²) in [5, 5.41) is 21.8. The minimum atomic E-state index is -3.78. The molecule has 0 amide bonds. The third kappa shape index (κ3) is 3.73. The zero-order chi connectivity index (χ0) is 20.8. The van der Waals surface area contributed by atoms with E-state index >= 15 is 0 Å². The molecule has 11 nitrogen and oxygen atoms in total. The van der Waals surface area contributed by atoms with Crippen LogP contribution in [0.5, 0.6) is 0 Å². The number of rotatable bonds is 5. The van der Waals surface area contributed by atoms with E-state index < -0.39 is 16.0 Å². The van der Waals surface area contributed by atoms with Gasteiger partial charge in [-0.15, -0.1) is 5.10 Å². The molecule has 0 fully saturated rings. The molecule has 148 valence electrons. The first-order valence-corrected chi connectivity index (χ1v) is 10.3. The average molecular weight is 431 g/mol. The monoisotopic (exact) mass is 431 g/mol. The second kappa shape index (κ2) is 6.80. The number of nitrogens with one attached hydrogen (secondary N) is 1. The molecule has 2 aromatic carbocycles. The van der Waals surface area contributed by atoms with Gasteiger partial charge in [0.05, 0.1) is 20.7 Å². The lowest BCUT2D eigenvalue weighted by atomic mass is 10.2. The molecule has 0 radical (unpaired) electrons. The van der Waals surface area contributed by atoms with Crippen LogP contribution in [-0.2, 0) is 10.0 Å². The van der Waals surface area contributed by atoms with Gasteiger partial charge < -0.3 is 16.2 Å². The quantitative estimate of drug-likeness (QED) is 0.364. The van der Waals surface area contributed by atoms with Crippen LogP contribution in [-0.4, -0.2) is 39.2 Å². The number of nitrogens with zero attached hydrogens (tertiary/aromatic N) is 4. The molecular weight excluding hydrogens is 418 g/mol. The van der Waals surface area contributed by atoms with Gasteiger partial charge in [0.25, 0.3) is 0 Å². The van der Waals surface area contributed by atoms with Crippen molar-refractivity contribution in [3.63, 3.8) is 0 Å². The number of aromatic nitrogens is 4. The van der Waals surface area contributed by atoms with Gasteiger partial charge in [0, 0.05) is 5.69 Å². The first-order valence-electron chi connectivity index (χ1n) is 7.97. The number of fused-ring (bicyclic) bond motifs is 1. The molecule has 4 rings (SSSR count). The molecule has 0 aliphatic carbocycles. The molecule has 2 heterocycles. The largest absolute Gasteiger partial charge is 0.478 e. The van der Waals surface area contributed by atoms with E-state index in [0.29, 0.717) is 21.0 Å². The second-order valence-electron chi connectivity index (χ2n) is 5.88. The van der Waals surface area contributed by atoms with Gasteiger partial charge >= 0.3 is 5.97 Å². The van der Waals surface area contributed by atoms with E-state index in [1.807, 2.05) is 0 Å². The lowest BCUT2D eigenvalue weighted by molar-refractivity contribution is 0.0697. The van der Waals surface area contributed by atoms with Crippen LogP contribution in [0, 0.1) is 0 Å². The van der Waals surface area contributed by atoms with Crippen molar-refractivity contribution in [3.05, 3.63) is 48.0 Å². The van der Waals surface area contributed by atoms with Crippen LogP contribution in [0.1, 0.15) is 10.4 Å². The number of nitrogen functional groups attached to an aromatic ring is 1. The van der Waals surface area contributed by atoms with Gasteiger partial charge in [-0.25, -0.2) is 23.3 Å². The maximum Gasteiger partial charge on any atom is 0.335 e. The summed E-state index contributed by atoms with van der Waals surface area (Å²) in [7, 11) is -3.78. The summed E-state index contributed by atoms with van der Waals surface area (Å²) in [6.45, 7) is 0. The summed E-state index contributed by atoms with van der Waals surface area (Å²) in [6.07, 6.45) is 0. The van der Waals surface area contributed by atoms with Crippen molar-refractivity contribution in [3.8, 4) is 5.13 Å². The SMILES string of the molecule is Nc1nc(Nc2ccc(S(N)(=O)=O)cc2)nn1-c1nc2ccc(C(=O)O)cc2s1. The minimum absolute atomic E-state index is 0.0174. The molecule has 0 bridgehead atoms. The Bertz CT molecular complexity index is 1340. The number of carbonyl (C=O) groups is 1. The number of carboxylic acid groups (broad SMARTS) is 1. The van der Waals surface area contributed by atoms with Crippen molar-refractivity contribution in [2.24, 2.45) is 5.14 Å². The van der Waals surface area contributed by atoms with Crippen LogP contribution in [0.15, 0.2) is 47.4 Å². The van der Waals surface area contributed by atoms with E-state index in [9.17, 15) is 13.2 Å². The first-order chi connectivity index (χ1) is 13.7. The highest BCUT2D eigenvalue weighted by Crippen LogP contribution is 2.27. The van der Waals surface area contributed by atoms with Crippen LogP contribution in [0.3, 0.4) is 0 Å². The molecule has 13 heteroatoms. The predicted octanol–water partition coefficient (Wildman–Crippen LogP) is 1.55. The van der Waals surface area contributed by atoms with Crippen LogP contribution in [0.25, 0.3) is 15.3 Å². The highest BCUT2D eigenvalue weighted by Gasteiger charge is 2.15. The molecule has 0 spiro atoms. The van der Waals surface area contributed by atoms with Crippen molar-refractivity contribution >= 4 is 55.1 Å². The van der Waals surface area contributed by atoms with Crippen LogP contribution < -0.4 is 16.2 Å². The normalized spacial score (nSPS) is 11.6. The Hall–Kier alpha value is -3.55. The van der Waals surface area contributed by atoms with Gasteiger partial charge in [0.1, 0.15) is 0 Å². The fourth-order valence-electron chi connectivity index (χ4n) is 2.51. The number of primary sulfonamides is 1. The number of aromatic carboxylic acids is 1. The number of anilines is 3. The lowest BCUT2D eigenvalue weighted by Crippen LogP contribution is -2.11. The number of hydrogen-bond donors (Lipinski definition) is 4. The average Bonchev–Trinajstić information content (AvgIpc) is 3.23. The molecular formula is C16H13N7O4S2. The zero-order valence-corrected chi connectivity index (χ0v) is 16.1. The van der Waals surface area contributed by atoms with Gasteiger partial charge in [0.15, 0.2) is 0 Å². The fourth-order valence-corrected chi connectivity index (χ4v) is 3.99. The van der Waals surface area contributed by atoms with Crippen LogP contribution in [0.4, 0.5) is 17.6 Å². The van der Waals surface area contributed by atoms with Gasteiger partial charge in [-0.1, -0.05) is 11.3 Å². The van der Waals surface area contributed by atoms with E-state index in [1.54, 1.807) is 6.07 Å². The molecule has 0 aliphatic heterocycles. The number of sulfonamides is 1. The molecule has 0 saturated heterocycles. The summed E-state index contributed by atoms with van der Waals surface area (Å²) >= 11 is 1.22. The third-order valence-corrected chi connectivity index (χ3v) is 5.80. The summed E-state index contributed by atoms with van der Waals surface area (Å²) in [5.74, 6) is -0.774. The Kier molecular flexibility index (Phi) is 4.41. The molecule has 0 unspecified atom stereocenters. The van der Waals surface area contributed by atoms with E-state index in [-0.39, 0.29) is 22.4 Å². The maximum atomic E-state index is 11.3. The molecule has 2 aromatic heterocycles. The first kappa shape index (κ1) is 18.8. The smallest absolute Gasteiger partial charge is 0.335 e. The third-order valence-electron chi connectivity index (χ3n) is 3.88. The Balaban J connectivity index is 1.62. The number of thiazole rings is 1. The zero-order valence-electron chi connectivity index (χ0n) is 14.5. The van der Waals surface area contributed by atoms with Crippen molar-refractivity contribution in [1.29, 1.82) is 0 Å². The molecule has 0 saturated carbocycles. The number of nitrogens with two attached hydrogens (primary N) is 2. The fraction of sp³-hybridized carbons (Fsp3) is 0. The maximum absolute atomic E-state index is 11.3. The minimum Gasteiger partial charge on any atom is -0.478 e. The molecule has 4 aromatic rings. The predicted molar refractivity (Wildman–Crippen MR) is 107 cm³/mol. The summed E-state index contributed by atoms with van der Waals surface area (Å²) in [6, 6.07) is 10.3. The van der Waals surface area contributed by atoms with Crippen LogP contribution >= 0.6 is 11.3 Å². The number of hydrogen-bond acceptors (Lipinski definition) is 9. The van der Waals surface area contributed by atoms with Gasteiger partial charge in [-0.05, 0) is 42.5 Å². The van der Waals surface area contributed by atoms with Crippen molar-refractivity contribution in [2.75, 3.05) is 11.1 Å². The molecule has 6 N–H and O–H groups in total. The second-order valence-corrected chi connectivity index (χ2v) is 8.45. The van der Waals surface area contributed by atoms with Gasteiger partial charge in [-0.2, -0.15) is 9.67 Å². The lowest BCUT2D eigenvalue weighted by Gasteiger charge is -2.02. The van der Waals surface area contributed by atoms with Gasteiger partial charge in [0.2, 0.25) is 27.1 Å². The Morgan fingerprint density at radius 1 is 1.14 bits per heavy atom. The van der Waals surface area contributed by atoms with Gasteiger partial charge in [-0.3, -0.25) is 0 Å². The van der Waals surface area contributed by atoms with E-state index in [0.717, 1.165) is 0 Å². The Morgan fingerprint density at radius 3 is 2.52 bits per heavy atom.